The van der Waals surface area contributed by atoms with Crippen molar-refractivity contribution in [2.24, 2.45) is 17.8 Å². The Morgan fingerprint density at radius 2 is 1.63 bits per heavy atom. The minimum Gasteiger partial charge on any atom is -0.342 e. The second kappa shape index (κ2) is 8.67. The molecule has 0 aromatic heterocycles. The van der Waals surface area contributed by atoms with Crippen molar-refractivity contribution in [1.82, 2.24) is 9.80 Å². The van der Waals surface area contributed by atoms with Crippen LogP contribution in [0.2, 0.25) is 0 Å². The number of nitrogens with zero attached hydrogens (tertiary/aromatic N) is 2. The van der Waals surface area contributed by atoms with Crippen molar-refractivity contribution in [3.05, 3.63) is 0 Å². The molecule has 0 spiro atoms. The standard InChI is InChI=1S/C23H34N2O2/c26-22(12-11-18-9-10-18)25-14-5-8-20-17-24(15-13-21(20)25)23(27)16-19-6-3-1-2-4-7-19/h18-21H,1-10,13-17H2. The van der Waals surface area contributed by atoms with Crippen LogP contribution in [0.25, 0.3) is 0 Å². The molecule has 2 unspecified atom stereocenters. The summed E-state index contributed by atoms with van der Waals surface area (Å²) in [5.74, 6) is 7.91. The van der Waals surface area contributed by atoms with Gasteiger partial charge in [-0.05, 0) is 62.7 Å². The smallest absolute Gasteiger partial charge is 0.298 e. The predicted molar refractivity (Wildman–Crippen MR) is 106 cm³/mol. The van der Waals surface area contributed by atoms with Crippen molar-refractivity contribution in [2.75, 3.05) is 19.6 Å². The van der Waals surface area contributed by atoms with E-state index < -0.39 is 0 Å². The summed E-state index contributed by atoms with van der Waals surface area (Å²) in [6, 6.07) is 0.293. The van der Waals surface area contributed by atoms with Crippen LogP contribution in [0.15, 0.2) is 0 Å². The molecule has 0 radical (unpaired) electrons. The third-order valence-corrected chi connectivity index (χ3v) is 7.08. The highest BCUT2D eigenvalue weighted by atomic mass is 16.2. The SMILES string of the molecule is O=C(CC1CCCCCC1)N1CCC2C(CCCN2C(=O)C#CC2CC2)C1. The molecule has 4 nitrogen and oxygen atoms in total. The van der Waals surface area contributed by atoms with Crippen LogP contribution in [-0.2, 0) is 9.59 Å². The van der Waals surface area contributed by atoms with Crippen LogP contribution in [-0.4, -0.2) is 47.3 Å². The fraction of sp³-hybridized carbons (Fsp3) is 0.826. The van der Waals surface area contributed by atoms with Crippen molar-refractivity contribution >= 4 is 11.8 Å². The third kappa shape index (κ3) is 4.86. The first-order valence-corrected chi connectivity index (χ1v) is 11.3. The van der Waals surface area contributed by atoms with Crippen LogP contribution in [0, 0.1) is 29.6 Å². The molecule has 0 bridgehead atoms. The first-order valence-electron chi connectivity index (χ1n) is 11.3. The van der Waals surface area contributed by atoms with E-state index in [0.29, 0.717) is 29.7 Å². The quantitative estimate of drug-likeness (QED) is 0.550. The number of hydrogen-bond donors (Lipinski definition) is 0. The summed E-state index contributed by atoms with van der Waals surface area (Å²) in [6.07, 6.45) is 13.9. The molecule has 2 heterocycles. The third-order valence-electron chi connectivity index (χ3n) is 7.08. The van der Waals surface area contributed by atoms with Crippen LogP contribution in [0.4, 0.5) is 0 Å². The van der Waals surface area contributed by atoms with Gasteiger partial charge in [-0.3, -0.25) is 9.59 Å². The van der Waals surface area contributed by atoms with Crippen LogP contribution >= 0.6 is 0 Å². The average Bonchev–Trinajstić information content (AvgIpc) is 3.53. The van der Waals surface area contributed by atoms with Gasteiger partial charge in [0.2, 0.25) is 5.91 Å². The Morgan fingerprint density at radius 1 is 0.852 bits per heavy atom. The maximum Gasteiger partial charge on any atom is 0.298 e. The lowest BCUT2D eigenvalue weighted by molar-refractivity contribution is -0.139. The summed E-state index contributed by atoms with van der Waals surface area (Å²) in [5, 5.41) is 0. The molecule has 148 valence electrons. The Labute approximate surface area is 164 Å². The van der Waals surface area contributed by atoms with Crippen LogP contribution in [0.3, 0.4) is 0 Å². The second-order valence-corrected chi connectivity index (χ2v) is 9.20. The Bertz CT molecular complexity index is 608. The lowest BCUT2D eigenvalue weighted by Crippen LogP contribution is -2.56. The Hall–Kier alpha value is -1.50. The number of carbonyl (C=O) groups excluding carboxylic acids is 2. The zero-order valence-electron chi connectivity index (χ0n) is 16.6. The van der Waals surface area contributed by atoms with Gasteiger partial charge in [0, 0.05) is 38.0 Å². The molecule has 2 saturated carbocycles. The average molecular weight is 371 g/mol. The van der Waals surface area contributed by atoms with E-state index in [0.717, 1.165) is 58.2 Å². The topological polar surface area (TPSA) is 40.6 Å². The van der Waals surface area contributed by atoms with Gasteiger partial charge in [0.05, 0.1) is 0 Å². The summed E-state index contributed by atoms with van der Waals surface area (Å²) in [6.45, 7) is 2.50. The van der Waals surface area contributed by atoms with Crippen molar-refractivity contribution in [1.29, 1.82) is 0 Å². The number of rotatable bonds is 2. The second-order valence-electron chi connectivity index (χ2n) is 9.20. The summed E-state index contributed by atoms with van der Waals surface area (Å²) in [7, 11) is 0. The summed E-state index contributed by atoms with van der Waals surface area (Å²) >= 11 is 0. The first kappa shape index (κ1) is 18.8. The van der Waals surface area contributed by atoms with E-state index in [4.69, 9.17) is 0 Å². The molecule has 2 amide bonds. The van der Waals surface area contributed by atoms with E-state index in [1.807, 2.05) is 4.90 Å². The molecule has 4 aliphatic rings. The van der Waals surface area contributed by atoms with Crippen molar-refractivity contribution in [3.8, 4) is 11.8 Å². The van der Waals surface area contributed by atoms with Gasteiger partial charge in [0.1, 0.15) is 0 Å². The number of amides is 2. The number of hydrogen-bond acceptors (Lipinski definition) is 2. The van der Waals surface area contributed by atoms with Gasteiger partial charge in [-0.15, -0.1) is 0 Å². The maximum absolute atomic E-state index is 12.9. The van der Waals surface area contributed by atoms with E-state index in [-0.39, 0.29) is 5.91 Å². The van der Waals surface area contributed by atoms with Gasteiger partial charge in [-0.25, -0.2) is 0 Å². The highest BCUT2D eigenvalue weighted by molar-refractivity contribution is 5.94. The largest absolute Gasteiger partial charge is 0.342 e. The Morgan fingerprint density at radius 3 is 2.37 bits per heavy atom. The molecular weight excluding hydrogens is 336 g/mol. The predicted octanol–water partition coefficient (Wildman–Crippen LogP) is 3.60. The van der Waals surface area contributed by atoms with Gasteiger partial charge in [0.25, 0.3) is 5.91 Å². The van der Waals surface area contributed by atoms with E-state index in [1.54, 1.807) is 0 Å². The van der Waals surface area contributed by atoms with Gasteiger partial charge in [-0.2, -0.15) is 0 Å². The molecule has 2 atom stereocenters. The highest BCUT2D eigenvalue weighted by Crippen LogP contribution is 2.33. The Balaban J connectivity index is 1.32. The lowest BCUT2D eigenvalue weighted by Gasteiger charge is -2.46. The molecule has 27 heavy (non-hydrogen) atoms. The van der Waals surface area contributed by atoms with Gasteiger partial charge < -0.3 is 9.80 Å². The molecular formula is C23H34N2O2. The zero-order chi connectivity index (χ0) is 18.6. The van der Waals surface area contributed by atoms with E-state index in [1.165, 1.54) is 38.5 Å². The normalized spacial score (nSPS) is 29.3. The van der Waals surface area contributed by atoms with Crippen molar-refractivity contribution in [3.63, 3.8) is 0 Å². The fourth-order valence-corrected chi connectivity index (χ4v) is 5.29. The van der Waals surface area contributed by atoms with Crippen LogP contribution in [0.5, 0.6) is 0 Å². The highest BCUT2D eigenvalue weighted by Gasteiger charge is 2.39. The number of carbonyl (C=O) groups is 2. The van der Waals surface area contributed by atoms with E-state index in [2.05, 4.69) is 16.7 Å². The molecule has 4 rings (SSSR count). The molecule has 0 N–H and O–H groups in total. The first-order chi connectivity index (χ1) is 13.2. The van der Waals surface area contributed by atoms with Crippen molar-refractivity contribution < 1.29 is 9.59 Å². The number of likely N-dealkylation sites (tertiary alicyclic amines) is 2. The minimum absolute atomic E-state index is 0.0230. The molecule has 2 aliphatic carbocycles. The molecule has 0 aromatic carbocycles. The molecule has 2 aliphatic heterocycles. The van der Waals surface area contributed by atoms with Gasteiger partial charge in [0.15, 0.2) is 0 Å². The molecule has 0 aromatic rings. The van der Waals surface area contributed by atoms with Gasteiger partial charge in [-0.1, -0.05) is 31.6 Å². The summed E-state index contributed by atoms with van der Waals surface area (Å²) in [5.41, 5.74) is 0. The molecule has 2 saturated heterocycles. The summed E-state index contributed by atoms with van der Waals surface area (Å²) in [4.78, 5) is 29.6. The minimum atomic E-state index is 0.0230. The van der Waals surface area contributed by atoms with Crippen LogP contribution in [0.1, 0.15) is 77.0 Å². The fourth-order valence-electron chi connectivity index (χ4n) is 5.29. The van der Waals surface area contributed by atoms with E-state index >= 15 is 0 Å². The number of fused-ring (bicyclic) bond motifs is 1. The monoisotopic (exact) mass is 370 g/mol. The lowest BCUT2D eigenvalue weighted by atomic mass is 9.83. The van der Waals surface area contributed by atoms with Gasteiger partial charge >= 0.3 is 0 Å². The van der Waals surface area contributed by atoms with Crippen molar-refractivity contribution in [2.45, 2.75) is 83.1 Å². The van der Waals surface area contributed by atoms with E-state index in [9.17, 15) is 9.59 Å². The molecule has 4 heteroatoms. The molecule has 4 fully saturated rings. The number of piperidine rings is 2. The summed E-state index contributed by atoms with van der Waals surface area (Å²) < 4.78 is 0. The van der Waals surface area contributed by atoms with Crippen LogP contribution < -0.4 is 0 Å². The maximum atomic E-state index is 12.9. The zero-order valence-corrected chi connectivity index (χ0v) is 16.6. The Kier molecular flexibility index (Phi) is 6.05.